The standard InChI is InChI=1S/C17H19ClN2O4/c1-10-5-6-11(7-13(10)18)19-17(21)20-12-8-14(22-2)16(24-4)15(9-12)23-3/h5-9H,1-4H3,(H2,19,20,21). The highest BCUT2D eigenvalue weighted by Gasteiger charge is 2.14. The molecule has 24 heavy (non-hydrogen) atoms. The molecule has 2 rings (SSSR count). The lowest BCUT2D eigenvalue weighted by atomic mass is 10.2. The van der Waals surface area contributed by atoms with Gasteiger partial charge in [-0.25, -0.2) is 4.79 Å². The highest BCUT2D eigenvalue weighted by Crippen LogP contribution is 2.39. The van der Waals surface area contributed by atoms with Crippen LogP contribution in [0.5, 0.6) is 17.2 Å². The average Bonchev–Trinajstić information content (AvgIpc) is 2.57. The van der Waals surface area contributed by atoms with Crippen molar-refractivity contribution < 1.29 is 19.0 Å². The Morgan fingerprint density at radius 2 is 1.50 bits per heavy atom. The van der Waals surface area contributed by atoms with E-state index in [9.17, 15) is 4.79 Å². The first-order chi connectivity index (χ1) is 11.5. The molecule has 0 aliphatic rings. The van der Waals surface area contributed by atoms with Crippen LogP contribution in [0.4, 0.5) is 16.2 Å². The molecule has 0 aromatic heterocycles. The number of hydrogen-bond donors (Lipinski definition) is 2. The molecule has 2 aromatic rings. The molecule has 0 saturated carbocycles. The number of nitrogens with one attached hydrogen (secondary N) is 2. The van der Waals surface area contributed by atoms with Gasteiger partial charge in [-0.05, 0) is 24.6 Å². The normalized spacial score (nSPS) is 10.0. The zero-order valence-corrected chi connectivity index (χ0v) is 14.7. The van der Waals surface area contributed by atoms with Gasteiger partial charge in [-0.2, -0.15) is 0 Å². The second-order valence-corrected chi connectivity index (χ2v) is 5.36. The quantitative estimate of drug-likeness (QED) is 0.842. The number of benzene rings is 2. The van der Waals surface area contributed by atoms with Gasteiger partial charge in [0.25, 0.3) is 0 Å². The van der Waals surface area contributed by atoms with E-state index in [0.29, 0.717) is 33.6 Å². The molecule has 0 aliphatic carbocycles. The van der Waals surface area contributed by atoms with Crippen LogP contribution in [0.2, 0.25) is 5.02 Å². The lowest BCUT2D eigenvalue weighted by Gasteiger charge is -2.15. The minimum atomic E-state index is -0.413. The molecule has 0 aliphatic heterocycles. The molecular weight excluding hydrogens is 332 g/mol. The Morgan fingerprint density at radius 3 is 2.00 bits per heavy atom. The molecule has 0 spiro atoms. The summed E-state index contributed by atoms with van der Waals surface area (Å²) in [4.78, 5) is 12.2. The maximum absolute atomic E-state index is 12.2. The summed E-state index contributed by atoms with van der Waals surface area (Å²) in [6.45, 7) is 1.89. The van der Waals surface area contributed by atoms with E-state index in [2.05, 4.69) is 10.6 Å². The van der Waals surface area contributed by atoms with Gasteiger partial charge in [0.05, 0.1) is 27.0 Å². The lowest BCUT2D eigenvalue weighted by molar-refractivity contribution is 0.262. The van der Waals surface area contributed by atoms with Gasteiger partial charge in [-0.1, -0.05) is 17.7 Å². The maximum atomic E-state index is 12.2. The Balaban J connectivity index is 2.17. The molecule has 0 saturated heterocycles. The number of carbonyl (C=O) groups excluding carboxylic acids is 1. The first kappa shape index (κ1) is 17.7. The second kappa shape index (κ2) is 7.79. The van der Waals surface area contributed by atoms with Crippen LogP contribution in [0, 0.1) is 6.92 Å². The summed E-state index contributed by atoms with van der Waals surface area (Å²) >= 11 is 6.05. The highest BCUT2D eigenvalue weighted by molar-refractivity contribution is 6.31. The number of rotatable bonds is 5. The smallest absolute Gasteiger partial charge is 0.323 e. The van der Waals surface area contributed by atoms with Crippen molar-refractivity contribution in [3.8, 4) is 17.2 Å². The summed E-state index contributed by atoms with van der Waals surface area (Å²) in [6, 6.07) is 8.16. The van der Waals surface area contributed by atoms with Crippen LogP contribution in [-0.2, 0) is 0 Å². The zero-order chi connectivity index (χ0) is 17.7. The van der Waals surface area contributed by atoms with E-state index < -0.39 is 6.03 Å². The van der Waals surface area contributed by atoms with E-state index in [1.54, 1.807) is 24.3 Å². The molecule has 2 N–H and O–H groups in total. The number of ether oxygens (including phenoxy) is 3. The van der Waals surface area contributed by atoms with Gasteiger partial charge in [0, 0.05) is 22.8 Å². The molecule has 0 heterocycles. The summed E-state index contributed by atoms with van der Waals surface area (Å²) in [5, 5.41) is 6.02. The van der Waals surface area contributed by atoms with E-state index in [1.165, 1.54) is 21.3 Å². The van der Waals surface area contributed by atoms with Crippen molar-refractivity contribution in [3.05, 3.63) is 40.9 Å². The number of halogens is 1. The molecule has 0 fully saturated rings. The van der Waals surface area contributed by atoms with Crippen LogP contribution in [0.1, 0.15) is 5.56 Å². The van der Waals surface area contributed by atoms with Crippen LogP contribution < -0.4 is 24.8 Å². The maximum Gasteiger partial charge on any atom is 0.323 e. The highest BCUT2D eigenvalue weighted by atomic mass is 35.5. The number of carbonyl (C=O) groups is 1. The first-order valence-corrected chi connectivity index (χ1v) is 7.50. The Morgan fingerprint density at radius 1 is 0.917 bits per heavy atom. The second-order valence-electron chi connectivity index (χ2n) is 4.96. The van der Waals surface area contributed by atoms with Gasteiger partial charge < -0.3 is 24.8 Å². The fourth-order valence-electron chi connectivity index (χ4n) is 2.12. The molecule has 0 radical (unpaired) electrons. The third-order valence-electron chi connectivity index (χ3n) is 3.35. The van der Waals surface area contributed by atoms with Crippen LogP contribution >= 0.6 is 11.6 Å². The van der Waals surface area contributed by atoms with Gasteiger partial charge in [-0.15, -0.1) is 0 Å². The zero-order valence-electron chi connectivity index (χ0n) is 13.9. The van der Waals surface area contributed by atoms with Gasteiger partial charge in [-0.3, -0.25) is 0 Å². The van der Waals surface area contributed by atoms with Gasteiger partial charge in [0.2, 0.25) is 5.75 Å². The van der Waals surface area contributed by atoms with Crippen molar-refractivity contribution in [2.75, 3.05) is 32.0 Å². The van der Waals surface area contributed by atoms with E-state index in [1.807, 2.05) is 13.0 Å². The SMILES string of the molecule is COc1cc(NC(=O)Nc2ccc(C)c(Cl)c2)cc(OC)c1OC. The first-order valence-electron chi connectivity index (χ1n) is 7.12. The number of urea groups is 1. The van der Waals surface area contributed by atoms with E-state index in [-0.39, 0.29) is 0 Å². The van der Waals surface area contributed by atoms with Crippen LogP contribution in [0.25, 0.3) is 0 Å². The summed E-state index contributed by atoms with van der Waals surface area (Å²) < 4.78 is 15.8. The van der Waals surface area contributed by atoms with Gasteiger partial charge in [0.1, 0.15) is 0 Å². The van der Waals surface area contributed by atoms with Crippen molar-refractivity contribution in [2.24, 2.45) is 0 Å². The molecule has 2 amide bonds. The predicted molar refractivity (Wildman–Crippen MR) is 94.9 cm³/mol. The van der Waals surface area contributed by atoms with Crippen molar-refractivity contribution in [2.45, 2.75) is 6.92 Å². The average molecular weight is 351 g/mol. The van der Waals surface area contributed by atoms with E-state index in [0.717, 1.165) is 5.56 Å². The fraction of sp³-hybridized carbons (Fsp3) is 0.235. The Labute approximate surface area is 145 Å². The summed E-state index contributed by atoms with van der Waals surface area (Å²) in [7, 11) is 4.53. The van der Waals surface area contributed by atoms with Gasteiger partial charge >= 0.3 is 6.03 Å². The Hall–Kier alpha value is -2.60. The van der Waals surface area contributed by atoms with Crippen LogP contribution in [0.15, 0.2) is 30.3 Å². The lowest BCUT2D eigenvalue weighted by Crippen LogP contribution is -2.19. The molecular formula is C17H19ClN2O4. The Bertz CT molecular complexity index is 724. The van der Waals surface area contributed by atoms with E-state index >= 15 is 0 Å². The number of hydrogen-bond acceptors (Lipinski definition) is 4. The third kappa shape index (κ3) is 4.02. The number of anilines is 2. The van der Waals surface area contributed by atoms with Crippen molar-refractivity contribution in [1.82, 2.24) is 0 Å². The number of amides is 2. The molecule has 0 unspecified atom stereocenters. The minimum absolute atomic E-state index is 0.413. The van der Waals surface area contributed by atoms with Gasteiger partial charge in [0.15, 0.2) is 11.5 Å². The molecule has 6 nitrogen and oxygen atoms in total. The third-order valence-corrected chi connectivity index (χ3v) is 3.76. The fourth-order valence-corrected chi connectivity index (χ4v) is 2.30. The Kier molecular flexibility index (Phi) is 5.76. The summed E-state index contributed by atoms with van der Waals surface area (Å²) in [5.41, 5.74) is 2.03. The number of methoxy groups -OCH3 is 3. The molecule has 128 valence electrons. The topological polar surface area (TPSA) is 68.8 Å². The van der Waals surface area contributed by atoms with E-state index in [4.69, 9.17) is 25.8 Å². The summed E-state index contributed by atoms with van der Waals surface area (Å²) in [5.74, 6) is 1.35. The van der Waals surface area contributed by atoms with Crippen molar-refractivity contribution >= 4 is 29.0 Å². The molecule has 7 heteroatoms. The predicted octanol–water partition coefficient (Wildman–Crippen LogP) is 4.32. The minimum Gasteiger partial charge on any atom is -0.493 e. The molecule has 2 aromatic carbocycles. The molecule has 0 bridgehead atoms. The summed E-state index contributed by atoms with van der Waals surface area (Å²) in [6.07, 6.45) is 0. The largest absolute Gasteiger partial charge is 0.493 e. The monoisotopic (exact) mass is 350 g/mol. The number of aryl methyl sites for hydroxylation is 1. The molecule has 0 atom stereocenters. The van der Waals surface area contributed by atoms with Crippen LogP contribution in [-0.4, -0.2) is 27.4 Å². The van der Waals surface area contributed by atoms with Crippen LogP contribution in [0.3, 0.4) is 0 Å². The van der Waals surface area contributed by atoms with Crippen molar-refractivity contribution in [3.63, 3.8) is 0 Å². The van der Waals surface area contributed by atoms with Crippen molar-refractivity contribution in [1.29, 1.82) is 0 Å².